The lowest BCUT2D eigenvalue weighted by Gasteiger charge is -2.13. The second-order valence-corrected chi connectivity index (χ2v) is 4.06. The number of rotatable bonds is 4. The van der Waals surface area contributed by atoms with E-state index in [9.17, 15) is 4.79 Å². The summed E-state index contributed by atoms with van der Waals surface area (Å²) < 4.78 is 5.58. The number of carbonyl (C=O) groups is 1. The molecule has 2 rings (SSSR count). The highest BCUT2D eigenvalue weighted by Gasteiger charge is 2.16. The summed E-state index contributed by atoms with van der Waals surface area (Å²) >= 11 is 0. The van der Waals surface area contributed by atoms with E-state index in [1.807, 2.05) is 18.2 Å². The molecule has 0 aliphatic rings. The summed E-state index contributed by atoms with van der Waals surface area (Å²) in [6.07, 6.45) is -0.533. The Morgan fingerprint density at radius 3 is 2.50 bits per heavy atom. The third-order valence-corrected chi connectivity index (χ3v) is 2.60. The van der Waals surface area contributed by atoms with Gasteiger partial charge in [-0.1, -0.05) is 36.4 Å². The van der Waals surface area contributed by atoms with E-state index in [0.717, 1.165) is 0 Å². The van der Waals surface area contributed by atoms with Crippen LogP contribution in [-0.4, -0.2) is 11.9 Å². The molecule has 2 aromatic rings. The number of Topliss-reactive ketones (excluding diaryl/α,β-unsaturated/α-hetero) is 1. The highest BCUT2D eigenvalue weighted by Crippen LogP contribution is 2.17. The second kappa shape index (κ2) is 5.36. The van der Waals surface area contributed by atoms with Gasteiger partial charge in [0.05, 0.1) is 0 Å². The fraction of sp³-hybridized carbons (Fsp3) is 0.133. The van der Waals surface area contributed by atoms with Crippen LogP contribution in [-0.2, 0) is 0 Å². The Kier molecular flexibility index (Phi) is 3.63. The molecule has 0 aliphatic carbocycles. The average molecular weight is 241 g/mol. The van der Waals surface area contributed by atoms with Crippen molar-refractivity contribution in [2.75, 3.05) is 5.73 Å². The number of ether oxygens (including phenoxy) is 1. The molecule has 0 heterocycles. The van der Waals surface area contributed by atoms with Gasteiger partial charge in [0, 0.05) is 17.3 Å². The summed E-state index contributed by atoms with van der Waals surface area (Å²) in [5, 5.41) is 0. The Balaban J connectivity index is 2.09. The molecule has 3 nitrogen and oxygen atoms in total. The normalized spacial score (nSPS) is 11.8. The highest BCUT2D eigenvalue weighted by molar-refractivity contribution is 5.99. The molecule has 18 heavy (non-hydrogen) atoms. The molecular formula is C15H15NO2. The molecule has 0 amide bonds. The first-order chi connectivity index (χ1) is 8.66. The van der Waals surface area contributed by atoms with E-state index in [-0.39, 0.29) is 5.78 Å². The van der Waals surface area contributed by atoms with Crippen LogP contribution in [0.1, 0.15) is 17.3 Å². The summed E-state index contributed by atoms with van der Waals surface area (Å²) in [6, 6.07) is 16.2. The van der Waals surface area contributed by atoms with Crippen molar-refractivity contribution < 1.29 is 9.53 Å². The molecule has 0 saturated heterocycles. The van der Waals surface area contributed by atoms with Gasteiger partial charge in [-0.3, -0.25) is 4.79 Å². The standard InChI is InChI=1S/C15H15NO2/c1-11(15(17)12-6-3-2-4-7-12)18-14-9-5-8-13(16)10-14/h2-11H,16H2,1H3. The van der Waals surface area contributed by atoms with Crippen molar-refractivity contribution in [2.45, 2.75) is 13.0 Å². The highest BCUT2D eigenvalue weighted by atomic mass is 16.5. The van der Waals surface area contributed by atoms with Gasteiger partial charge in [-0.2, -0.15) is 0 Å². The van der Waals surface area contributed by atoms with Crippen LogP contribution in [0.25, 0.3) is 0 Å². The summed E-state index contributed by atoms with van der Waals surface area (Å²) in [5.74, 6) is 0.560. The van der Waals surface area contributed by atoms with E-state index >= 15 is 0 Å². The van der Waals surface area contributed by atoms with E-state index in [4.69, 9.17) is 10.5 Å². The minimum atomic E-state index is -0.533. The predicted molar refractivity (Wildman–Crippen MR) is 71.7 cm³/mol. The van der Waals surface area contributed by atoms with E-state index in [2.05, 4.69) is 0 Å². The second-order valence-electron chi connectivity index (χ2n) is 4.06. The third kappa shape index (κ3) is 2.88. The van der Waals surface area contributed by atoms with Crippen LogP contribution in [0, 0.1) is 0 Å². The number of carbonyl (C=O) groups excluding carboxylic acids is 1. The molecule has 0 aromatic heterocycles. The van der Waals surface area contributed by atoms with Crippen molar-refractivity contribution in [1.82, 2.24) is 0 Å². The Morgan fingerprint density at radius 2 is 1.83 bits per heavy atom. The first-order valence-electron chi connectivity index (χ1n) is 5.78. The molecule has 0 radical (unpaired) electrons. The number of nitrogen functional groups attached to an aromatic ring is 1. The van der Waals surface area contributed by atoms with Gasteiger partial charge in [-0.25, -0.2) is 0 Å². The number of hydrogen-bond acceptors (Lipinski definition) is 3. The fourth-order valence-electron chi connectivity index (χ4n) is 1.68. The summed E-state index contributed by atoms with van der Waals surface area (Å²) in [7, 11) is 0. The van der Waals surface area contributed by atoms with Crippen LogP contribution >= 0.6 is 0 Å². The van der Waals surface area contributed by atoms with Crippen LogP contribution in [0.2, 0.25) is 0 Å². The van der Waals surface area contributed by atoms with Crippen molar-refractivity contribution in [3.05, 3.63) is 60.2 Å². The molecule has 3 heteroatoms. The van der Waals surface area contributed by atoms with Crippen molar-refractivity contribution in [2.24, 2.45) is 0 Å². The minimum Gasteiger partial charge on any atom is -0.482 e. The van der Waals surface area contributed by atoms with Crippen LogP contribution in [0.4, 0.5) is 5.69 Å². The van der Waals surface area contributed by atoms with E-state index < -0.39 is 6.10 Å². The number of nitrogens with two attached hydrogens (primary N) is 1. The molecule has 1 atom stereocenters. The van der Waals surface area contributed by atoms with Crippen LogP contribution in [0.5, 0.6) is 5.75 Å². The zero-order chi connectivity index (χ0) is 13.0. The smallest absolute Gasteiger partial charge is 0.202 e. The van der Waals surface area contributed by atoms with Crippen LogP contribution < -0.4 is 10.5 Å². The number of benzene rings is 2. The summed E-state index contributed by atoms with van der Waals surface area (Å²) in [4.78, 5) is 12.1. The average Bonchev–Trinajstić information content (AvgIpc) is 2.39. The molecule has 0 bridgehead atoms. The Labute approximate surface area is 106 Å². The van der Waals surface area contributed by atoms with Gasteiger partial charge in [0.25, 0.3) is 0 Å². The lowest BCUT2D eigenvalue weighted by Crippen LogP contribution is -2.23. The molecule has 0 saturated carbocycles. The maximum Gasteiger partial charge on any atom is 0.202 e. The Bertz CT molecular complexity index is 537. The summed E-state index contributed by atoms with van der Waals surface area (Å²) in [5.41, 5.74) is 6.92. The van der Waals surface area contributed by atoms with Gasteiger partial charge >= 0.3 is 0 Å². The quantitative estimate of drug-likeness (QED) is 0.661. The Morgan fingerprint density at radius 1 is 1.11 bits per heavy atom. The lowest BCUT2D eigenvalue weighted by atomic mass is 10.1. The minimum absolute atomic E-state index is 0.0435. The monoisotopic (exact) mass is 241 g/mol. The Hall–Kier alpha value is -2.29. The zero-order valence-corrected chi connectivity index (χ0v) is 10.2. The van der Waals surface area contributed by atoms with Crippen molar-refractivity contribution in [1.29, 1.82) is 0 Å². The maximum atomic E-state index is 12.1. The van der Waals surface area contributed by atoms with Gasteiger partial charge in [0.1, 0.15) is 5.75 Å². The SMILES string of the molecule is CC(Oc1cccc(N)c1)C(=O)c1ccccc1. The number of hydrogen-bond donors (Lipinski definition) is 1. The maximum absolute atomic E-state index is 12.1. The van der Waals surface area contributed by atoms with E-state index in [1.54, 1.807) is 43.3 Å². The van der Waals surface area contributed by atoms with Gasteiger partial charge in [0.2, 0.25) is 5.78 Å². The van der Waals surface area contributed by atoms with E-state index in [0.29, 0.717) is 17.0 Å². The van der Waals surface area contributed by atoms with Gasteiger partial charge in [-0.05, 0) is 19.1 Å². The zero-order valence-electron chi connectivity index (χ0n) is 10.2. The van der Waals surface area contributed by atoms with Crippen molar-refractivity contribution in [3.8, 4) is 5.75 Å². The summed E-state index contributed by atoms with van der Waals surface area (Å²) in [6.45, 7) is 1.73. The molecular weight excluding hydrogens is 226 g/mol. The molecule has 0 aliphatic heterocycles. The van der Waals surface area contributed by atoms with E-state index in [1.165, 1.54) is 0 Å². The van der Waals surface area contributed by atoms with Gasteiger partial charge < -0.3 is 10.5 Å². The molecule has 92 valence electrons. The van der Waals surface area contributed by atoms with Crippen LogP contribution in [0.15, 0.2) is 54.6 Å². The number of anilines is 1. The number of ketones is 1. The molecule has 2 aromatic carbocycles. The molecule has 0 fully saturated rings. The van der Waals surface area contributed by atoms with Gasteiger partial charge in [-0.15, -0.1) is 0 Å². The fourth-order valence-corrected chi connectivity index (χ4v) is 1.68. The molecule has 0 spiro atoms. The third-order valence-electron chi connectivity index (χ3n) is 2.60. The van der Waals surface area contributed by atoms with Crippen molar-refractivity contribution in [3.63, 3.8) is 0 Å². The first-order valence-corrected chi connectivity index (χ1v) is 5.78. The van der Waals surface area contributed by atoms with Crippen LogP contribution in [0.3, 0.4) is 0 Å². The molecule has 2 N–H and O–H groups in total. The predicted octanol–water partition coefficient (Wildman–Crippen LogP) is 2.92. The van der Waals surface area contributed by atoms with Gasteiger partial charge in [0.15, 0.2) is 6.10 Å². The first kappa shape index (κ1) is 12.2. The molecule has 1 unspecified atom stereocenters. The van der Waals surface area contributed by atoms with Crippen molar-refractivity contribution >= 4 is 11.5 Å². The lowest BCUT2D eigenvalue weighted by molar-refractivity contribution is 0.0818. The topological polar surface area (TPSA) is 52.3 Å². The largest absolute Gasteiger partial charge is 0.482 e.